The highest BCUT2D eigenvalue weighted by Gasteiger charge is 2.44. The standard InChI is InChI=1S/C13H17N3O3S/c1-19-11(18)7-13(3-4-13)9-20-8-10(17)16-12-14-5-2-6-15-12/h2,5-6H,3-4,7-9H2,1H3,(H,14,15,16,17). The van der Waals surface area contributed by atoms with Crippen LogP contribution in [-0.4, -0.2) is 40.5 Å². The fraction of sp³-hybridized carbons (Fsp3) is 0.538. The van der Waals surface area contributed by atoms with Gasteiger partial charge in [0.25, 0.3) is 0 Å². The minimum atomic E-state index is -0.176. The average molecular weight is 295 g/mol. The van der Waals surface area contributed by atoms with Gasteiger partial charge in [0.15, 0.2) is 0 Å². The minimum absolute atomic E-state index is 0.0429. The van der Waals surface area contributed by atoms with Crippen LogP contribution in [0.2, 0.25) is 0 Å². The number of thioether (sulfide) groups is 1. The Hall–Kier alpha value is -1.63. The zero-order valence-electron chi connectivity index (χ0n) is 11.3. The molecule has 1 N–H and O–H groups in total. The molecule has 0 radical (unpaired) electrons. The molecule has 2 rings (SSSR count). The molecule has 0 spiro atoms. The highest BCUT2D eigenvalue weighted by Crippen LogP contribution is 2.51. The van der Waals surface area contributed by atoms with Crippen LogP contribution in [0.4, 0.5) is 5.95 Å². The lowest BCUT2D eigenvalue weighted by molar-refractivity contribution is -0.141. The van der Waals surface area contributed by atoms with E-state index < -0.39 is 0 Å². The number of nitrogens with zero attached hydrogens (tertiary/aromatic N) is 2. The van der Waals surface area contributed by atoms with Crippen LogP contribution in [0.1, 0.15) is 19.3 Å². The quantitative estimate of drug-likeness (QED) is 0.768. The first-order valence-corrected chi connectivity index (χ1v) is 7.50. The highest BCUT2D eigenvalue weighted by molar-refractivity contribution is 8.00. The third-order valence-corrected chi connectivity index (χ3v) is 4.45. The summed E-state index contributed by atoms with van der Waals surface area (Å²) >= 11 is 1.53. The van der Waals surface area contributed by atoms with Crippen molar-refractivity contribution >= 4 is 29.6 Å². The highest BCUT2D eigenvalue weighted by atomic mass is 32.2. The van der Waals surface area contributed by atoms with Crippen molar-refractivity contribution in [1.82, 2.24) is 9.97 Å². The summed E-state index contributed by atoms with van der Waals surface area (Å²) in [5.74, 6) is 1.14. The molecule has 0 saturated heterocycles. The maximum absolute atomic E-state index is 11.7. The summed E-state index contributed by atoms with van der Waals surface area (Å²) in [5.41, 5.74) is 0.0429. The molecule has 20 heavy (non-hydrogen) atoms. The molecule has 1 fully saturated rings. The van der Waals surface area contributed by atoms with Gasteiger partial charge in [0.2, 0.25) is 11.9 Å². The Labute approximate surface area is 121 Å². The zero-order valence-corrected chi connectivity index (χ0v) is 12.1. The molecule has 0 unspecified atom stereocenters. The number of hydrogen-bond acceptors (Lipinski definition) is 6. The van der Waals surface area contributed by atoms with Crippen molar-refractivity contribution in [2.45, 2.75) is 19.3 Å². The van der Waals surface area contributed by atoms with E-state index in [0.717, 1.165) is 18.6 Å². The van der Waals surface area contributed by atoms with Crippen molar-refractivity contribution in [2.24, 2.45) is 5.41 Å². The molecular formula is C13H17N3O3S. The minimum Gasteiger partial charge on any atom is -0.469 e. The molecule has 1 heterocycles. The van der Waals surface area contributed by atoms with Crippen molar-refractivity contribution in [3.63, 3.8) is 0 Å². The van der Waals surface area contributed by atoms with E-state index in [9.17, 15) is 9.59 Å². The lowest BCUT2D eigenvalue weighted by Crippen LogP contribution is -2.18. The summed E-state index contributed by atoms with van der Waals surface area (Å²) in [6.45, 7) is 0. The van der Waals surface area contributed by atoms with Crippen LogP contribution >= 0.6 is 11.8 Å². The number of carbonyl (C=O) groups is 2. The van der Waals surface area contributed by atoms with Gasteiger partial charge in [0.1, 0.15) is 0 Å². The van der Waals surface area contributed by atoms with Crippen molar-refractivity contribution in [2.75, 3.05) is 23.9 Å². The van der Waals surface area contributed by atoms with Gasteiger partial charge in [-0.3, -0.25) is 14.9 Å². The number of methoxy groups -OCH3 is 1. The second-order valence-corrected chi connectivity index (χ2v) is 5.85. The average Bonchev–Trinajstić information content (AvgIpc) is 3.19. The number of carbonyl (C=O) groups excluding carboxylic acids is 2. The third kappa shape index (κ3) is 4.48. The smallest absolute Gasteiger partial charge is 0.306 e. The third-order valence-electron chi connectivity index (χ3n) is 3.16. The van der Waals surface area contributed by atoms with E-state index in [1.165, 1.54) is 18.9 Å². The van der Waals surface area contributed by atoms with E-state index >= 15 is 0 Å². The maximum atomic E-state index is 11.7. The summed E-state index contributed by atoms with van der Waals surface area (Å²) < 4.78 is 4.69. The van der Waals surface area contributed by atoms with Crippen LogP contribution in [0.5, 0.6) is 0 Å². The first kappa shape index (κ1) is 14.8. The molecule has 1 aliphatic carbocycles. The van der Waals surface area contributed by atoms with E-state index in [2.05, 4.69) is 20.0 Å². The van der Waals surface area contributed by atoms with E-state index in [1.807, 2.05) is 0 Å². The summed E-state index contributed by atoms with van der Waals surface area (Å²) in [4.78, 5) is 30.8. The topological polar surface area (TPSA) is 81.2 Å². The van der Waals surface area contributed by atoms with Crippen molar-refractivity contribution < 1.29 is 14.3 Å². The molecule has 0 bridgehead atoms. The van der Waals surface area contributed by atoms with Crippen LogP contribution in [0.3, 0.4) is 0 Å². The summed E-state index contributed by atoms with van der Waals surface area (Å²) in [6, 6.07) is 1.69. The van der Waals surface area contributed by atoms with Crippen LogP contribution < -0.4 is 5.32 Å². The molecule has 0 atom stereocenters. The molecular weight excluding hydrogens is 278 g/mol. The van der Waals surface area contributed by atoms with Crippen LogP contribution in [0, 0.1) is 5.41 Å². The van der Waals surface area contributed by atoms with Gasteiger partial charge in [-0.25, -0.2) is 9.97 Å². The Morgan fingerprint density at radius 1 is 1.40 bits per heavy atom. The number of amides is 1. The molecule has 1 aliphatic rings. The SMILES string of the molecule is COC(=O)CC1(CSCC(=O)Nc2ncccn2)CC1. The molecule has 1 aromatic rings. The first-order valence-electron chi connectivity index (χ1n) is 6.35. The normalized spacial score (nSPS) is 15.4. The van der Waals surface area contributed by atoms with Gasteiger partial charge in [-0.15, -0.1) is 0 Å². The number of anilines is 1. The van der Waals surface area contributed by atoms with E-state index in [-0.39, 0.29) is 17.3 Å². The Balaban J connectivity index is 1.68. The van der Waals surface area contributed by atoms with Gasteiger partial charge in [0, 0.05) is 12.4 Å². The molecule has 1 amide bonds. The van der Waals surface area contributed by atoms with Crippen LogP contribution in [-0.2, 0) is 14.3 Å². The monoisotopic (exact) mass is 295 g/mol. The molecule has 1 saturated carbocycles. The molecule has 0 aromatic carbocycles. The fourth-order valence-corrected chi connectivity index (χ4v) is 3.00. The predicted octanol–water partition coefficient (Wildman–Crippen LogP) is 1.49. The molecule has 6 nitrogen and oxygen atoms in total. The Bertz CT molecular complexity index is 477. The van der Waals surface area contributed by atoms with Gasteiger partial charge < -0.3 is 4.74 Å². The molecule has 7 heteroatoms. The van der Waals surface area contributed by atoms with Crippen molar-refractivity contribution in [3.8, 4) is 0 Å². The van der Waals surface area contributed by atoms with E-state index in [0.29, 0.717) is 18.1 Å². The van der Waals surface area contributed by atoms with Gasteiger partial charge in [-0.05, 0) is 30.1 Å². The largest absolute Gasteiger partial charge is 0.469 e. The lowest BCUT2D eigenvalue weighted by atomic mass is 10.1. The maximum Gasteiger partial charge on any atom is 0.306 e. The first-order chi connectivity index (χ1) is 9.63. The van der Waals surface area contributed by atoms with Crippen LogP contribution in [0.15, 0.2) is 18.5 Å². The second-order valence-electron chi connectivity index (χ2n) is 4.87. The summed E-state index contributed by atoms with van der Waals surface area (Å²) in [6.07, 6.45) is 5.65. The van der Waals surface area contributed by atoms with E-state index in [4.69, 9.17) is 0 Å². The van der Waals surface area contributed by atoms with Crippen molar-refractivity contribution in [1.29, 1.82) is 0 Å². The number of rotatable bonds is 7. The number of esters is 1. The Morgan fingerprint density at radius 3 is 2.70 bits per heavy atom. The van der Waals surface area contributed by atoms with Crippen LogP contribution in [0.25, 0.3) is 0 Å². The number of ether oxygens (including phenoxy) is 1. The molecule has 1 aromatic heterocycles. The number of aromatic nitrogens is 2. The molecule has 0 aliphatic heterocycles. The van der Waals surface area contributed by atoms with Gasteiger partial charge in [-0.1, -0.05) is 0 Å². The van der Waals surface area contributed by atoms with Gasteiger partial charge in [-0.2, -0.15) is 11.8 Å². The number of nitrogens with one attached hydrogen (secondary N) is 1. The fourth-order valence-electron chi connectivity index (χ4n) is 1.81. The van der Waals surface area contributed by atoms with Gasteiger partial charge >= 0.3 is 5.97 Å². The van der Waals surface area contributed by atoms with E-state index in [1.54, 1.807) is 18.5 Å². The predicted molar refractivity (Wildman–Crippen MR) is 76.3 cm³/mol. The number of hydrogen-bond donors (Lipinski definition) is 1. The zero-order chi connectivity index (χ0) is 14.4. The molecule has 108 valence electrons. The van der Waals surface area contributed by atoms with Gasteiger partial charge in [0.05, 0.1) is 19.3 Å². The second kappa shape index (κ2) is 6.69. The Morgan fingerprint density at radius 2 is 2.10 bits per heavy atom. The summed E-state index contributed by atoms with van der Waals surface area (Å²) in [5, 5.41) is 2.63. The van der Waals surface area contributed by atoms with Crippen molar-refractivity contribution in [3.05, 3.63) is 18.5 Å². The lowest BCUT2D eigenvalue weighted by Gasteiger charge is -2.12. The Kier molecular flexibility index (Phi) is 4.94. The summed E-state index contributed by atoms with van der Waals surface area (Å²) in [7, 11) is 1.40.